The number of nitriles is 1. The van der Waals surface area contributed by atoms with E-state index < -0.39 is 11.7 Å². The summed E-state index contributed by atoms with van der Waals surface area (Å²) in [7, 11) is 0. The van der Waals surface area contributed by atoms with Gasteiger partial charge in [0, 0.05) is 6.04 Å². The quantitative estimate of drug-likeness (QED) is 0.703. The molecule has 1 unspecified atom stereocenters. The Balaban J connectivity index is 4.61. The average Bonchev–Trinajstić information content (AvgIpc) is 1.83. The van der Waals surface area contributed by atoms with Crippen LogP contribution in [0.3, 0.4) is 0 Å². The van der Waals surface area contributed by atoms with Crippen LogP contribution in [0.2, 0.25) is 0 Å². The molecule has 0 saturated carbocycles. The molecule has 1 N–H and O–H groups in total. The van der Waals surface area contributed by atoms with Crippen LogP contribution in [-0.2, 0) is 0 Å². The highest BCUT2D eigenvalue weighted by atomic mass is 19.4. The van der Waals surface area contributed by atoms with E-state index in [4.69, 9.17) is 5.26 Å². The molecule has 0 aromatic heterocycles. The summed E-state index contributed by atoms with van der Waals surface area (Å²) in [6, 6.07) is 0.835. The van der Waals surface area contributed by atoms with Crippen molar-refractivity contribution in [2.24, 2.45) is 0 Å². The number of rotatable bonds is 2. The third-order valence-corrected chi connectivity index (χ3v) is 1.37. The fourth-order valence-corrected chi connectivity index (χ4v) is 0.755. The van der Waals surface area contributed by atoms with Crippen molar-refractivity contribution in [1.29, 1.82) is 5.26 Å². The lowest BCUT2D eigenvalue weighted by molar-refractivity contribution is -0.175. The largest absolute Gasteiger partial charge is 0.419 e. The van der Waals surface area contributed by atoms with Gasteiger partial charge in [-0.2, -0.15) is 18.4 Å². The Hall–Kier alpha value is -0.760. The Labute approximate surface area is 69.4 Å². The van der Waals surface area contributed by atoms with Gasteiger partial charge in [-0.1, -0.05) is 0 Å². The Kier molecular flexibility index (Phi) is 3.10. The second-order valence-corrected chi connectivity index (χ2v) is 3.03. The zero-order valence-corrected chi connectivity index (χ0v) is 7.16. The second kappa shape index (κ2) is 3.31. The predicted molar refractivity (Wildman–Crippen MR) is 38.3 cm³/mol. The van der Waals surface area contributed by atoms with Gasteiger partial charge in [-0.15, -0.1) is 0 Å². The van der Waals surface area contributed by atoms with Crippen LogP contribution in [0.4, 0.5) is 13.2 Å². The van der Waals surface area contributed by atoms with Crippen molar-refractivity contribution in [2.75, 3.05) is 0 Å². The number of alkyl halides is 3. The van der Waals surface area contributed by atoms with Crippen LogP contribution in [0.15, 0.2) is 0 Å². The molecule has 12 heavy (non-hydrogen) atoms. The molecule has 0 bridgehead atoms. The van der Waals surface area contributed by atoms with Crippen molar-refractivity contribution in [3.05, 3.63) is 0 Å². The molecule has 0 amide bonds. The van der Waals surface area contributed by atoms with Crippen LogP contribution in [0.5, 0.6) is 0 Å². The minimum atomic E-state index is -4.54. The third-order valence-electron chi connectivity index (χ3n) is 1.37. The van der Waals surface area contributed by atoms with Crippen LogP contribution >= 0.6 is 0 Å². The molecule has 2 nitrogen and oxygen atoms in total. The SMILES string of the molecule is CC(C)NC(C)(C#N)C(F)(F)F. The first-order chi connectivity index (χ1) is 5.23. The maximum atomic E-state index is 12.2. The molecule has 0 aliphatic rings. The van der Waals surface area contributed by atoms with Crippen molar-refractivity contribution in [3.8, 4) is 6.07 Å². The van der Waals surface area contributed by atoms with E-state index in [-0.39, 0.29) is 6.04 Å². The van der Waals surface area contributed by atoms with E-state index in [1.807, 2.05) is 0 Å². The standard InChI is InChI=1S/C7H11F3N2/c1-5(2)12-6(3,4-11)7(8,9)10/h5,12H,1-3H3. The molecule has 5 heteroatoms. The second-order valence-electron chi connectivity index (χ2n) is 3.03. The Morgan fingerprint density at radius 2 is 1.75 bits per heavy atom. The molecule has 0 aliphatic carbocycles. The molecular weight excluding hydrogens is 169 g/mol. The summed E-state index contributed by atoms with van der Waals surface area (Å²) in [6.45, 7) is 3.94. The number of hydrogen-bond acceptors (Lipinski definition) is 2. The lowest BCUT2D eigenvalue weighted by Crippen LogP contribution is -2.55. The first-order valence-corrected chi connectivity index (χ1v) is 3.48. The van der Waals surface area contributed by atoms with Gasteiger partial charge in [0.15, 0.2) is 5.54 Å². The van der Waals surface area contributed by atoms with E-state index in [0.717, 1.165) is 6.92 Å². The molecule has 0 spiro atoms. The van der Waals surface area contributed by atoms with Crippen molar-refractivity contribution < 1.29 is 13.2 Å². The van der Waals surface area contributed by atoms with E-state index in [9.17, 15) is 13.2 Å². The van der Waals surface area contributed by atoms with Gasteiger partial charge < -0.3 is 0 Å². The van der Waals surface area contributed by atoms with Gasteiger partial charge >= 0.3 is 6.18 Å². The molecule has 0 aromatic carbocycles. The molecule has 70 valence electrons. The summed E-state index contributed by atoms with van der Waals surface area (Å²) in [4.78, 5) is 0. The highest BCUT2D eigenvalue weighted by Crippen LogP contribution is 2.29. The summed E-state index contributed by atoms with van der Waals surface area (Å²) in [6.07, 6.45) is -4.54. The van der Waals surface area contributed by atoms with Gasteiger partial charge in [0.2, 0.25) is 0 Å². The van der Waals surface area contributed by atoms with Crippen LogP contribution in [0, 0.1) is 11.3 Å². The molecule has 0 rings (SSSR count). The maximum absolute atomic E-state index is 12.2. The molecule has 0 saturated heterocycles. The lowest BCUT2D eigenvalue weighted by Gasteiger charge is -2.27. The molecule has 0 fully saturated rings. The molecule has 0 aliphatic heterocycles. The summed E-state index contributed by atoms with van der Waals surface area (Å²) in [5.74, 6) is 0. The monoisotopic (exact) mass is 180 g/mol. The first-order valence-electron chi connectivity index (χ1n) is 3.48. The normalized spacial score (nSPS) is 17.2. The molecule has 0 aromatic rings. The Bertz CT molecular complexity index is 192. The number of nitrogens with one attached hydrogen (secondary N) is 1. The van der Waals surface area contributed by atoms with Gasteiger partial charge in [0.05, 0.1) is 6.07 Å². The topological polar surface area (TPSA) is 35.8 Å². The van der Waals surface area contributed by atoms with Crippen molar-refractivity contribution >= 4 is 0 Å². The number of halogens is 3. The van der Waals surface area contributed by atoms with Crippen LogP contribution in [0.25, 0.3) is 0 Å². The Morgan fingerprint density at radius 3 is 1.83 bits per heavy atom. The highest BCUT2D eigenvalue weighted by molar-refractivity contribution is 5.09. The summed E-state index contributed by atoms with van der Waals surface area (Å²) < 4.78 is 36.5. The van der Waals surface area contributed by atoms with Gasteiger partial charge in [0.1, 0.15) is 0 Å². The molecule has 1 atom stereocenters. The van der Waals surface area contributed by atoms with Crippen LogP contribution in [-0.4, -0.2) is 17.8 Å². The summed E-state index contributed by atoms with van der Waals surface area (Å²) in [5, 5.41) is 10.5. The zero-order chi connectivity index (χ0) is 9.99. The van der Waals surface area contributed by atoms with E-state index in [1.54, 1.807) is 13.8 Å². The van der Waals surface area contributed by atoms with E-state index in [1.165, 1.54) is 6.07 Å². The third kappa shape index (κ3) is 2.38. The fraction of sp³-hybridized carbons (Fsp3) is 0.857. The minimum Gasteiger partial charge on any atom is -0.290 e. The summed E-state index contributed by atoms with van der Waals surface area (Å²) in [5.41, 5.74) is -2.44. The highest BCUT2D eigenvalue weighted by Gasteiger charge is 2.52. The zero-order valence-electron chi connectivity index (χ0n) is 7.16. The van der Waals surface area contributed by atoms with Crippen LogP contribution in [0.1, 0.15) is 20.8 Å². The van der Waals surface area contributed by atoms with Gasteiger partial charge in [-0.05, 0) is 20.8 Å². The molecule has 0 radical (unpaired) electrons. The first kappa shape index (κ1) is 11.2. The van der Waals surface area contributed by atoms with Gasteiger partial charge in [0.25, 0.3) is 0 Å². The van der Waals surface area contributed by atoms with Gasteiger partial charge in [-0.25, -0.2) is 0 Å². The predicted octanol–water partition coefficient (Wildman–Crippen LogP) is 1.83. The summed E-state index contributed by atoms with van der Waals surface area (Å²) >= 11 is 0. The smallest absolute Gasteiger partial charge is 0.290 e. The maximum Gasteiger partial charge on any atom is 0.419 e. The van der Waals surface area contributed by atoms with Crippen molar-refractivity contribution in [3.63, 3.8) is 0 Å². The van der Waals surface area contributed by atoms with Gasteiger partial charge in [-0.3, -0.25) is 5.32 Å². The lowest BCUT2D eigenvalue weighted by atomic mass is 10.0. The average molecular weight is 180 g/mol. The number of nitrogens with zero attached hydrogens (tertiary/aromatic N) is 1. The minimum absolute atomic E-state index is 0.378. The fourth-order valence-electron chi connectivity index (χ4n) is 0.755. The van der Waals surface area contributed by atoms with E-state index >= 15 is 0 Å². The van der Waals surface area contributed by atoms with E-state index in [2.05, 4.69) is 5.32 Å². The van der Waals surface area contributed by atoms with E-state index in [0.29, 0.717) is 0 Å². The van der Waals surface area contributed by atoms with Crippen molar-refractivity contribution in [2.45, 2.75) is 38.5 Å². The van der Waals surface area contributed by atoms with Crippen LogP contribution < -0.4 is 5.32 Å². The van der Waals surface area contributed by atoms with Crippen molar-refractivity contribution in [1.82, 2.24) is 5.32 Å². The Morgan fingerprint density at radius 1 is 1.33 bits per heavy atom. The number of hydrogen-bond donors (Lipinski definition) is 1. The molecular formula is C7H11F3N2. The molecule has 0 heterocycles.